The smallest absolute Gasteiger partial charge is 0.333 e. The van der Waals surface area contributed by atoms with Gasteiger partial charge in [0, 0.05) is 5.57 Å². The Morgan fingerprint density at radius 1 is 1.33 bits per heavy atom. The summed E-state index contributed by atoms with van der Waals surface area (Å²) in [6.45, 7) is 9.11. The second-order valence-corrected chi connectivity index (χ2v) is 4.77. The van der Waals surface area contributed by atoms with Crippen molar-refractivity contribution in [3.05, 3.63) is 12.2 Å². The standard InChI is InChI=1S/C12H22NO2/c1-11(2)12(14)15-10-9-13(3)7-5-4-6-8-13/h1,4-10H2,2-3H3/q+1. The number of hydrogen-bond donors (Lipinski definition) is 0. The molecule has 0 radical (unpaired) electrons. The Balaban J connectivity index is 2.24. The molecule has 0 aliphatic carbocycles. The van der Waals surface area contributed by atoms with Crippen LogP contribution in [0.5, 0.6) is 0 Å². The molecule has 1 aliphatic rings. The molecule has 0 atom stereocenters. The molecule has 0 saturated carbocycles. The molecule has 0 aromatic carbocycles. The van der Waals surface area contributed by atoms with Gasteiger partial charge < -0.3 is 9.22 Å². The molecule has 0 spiro atoms. The third kappa shape index (κ3) is 4.04. The fourth-order valence-electron chi connectivity index (χ4n) is 1.98. The fraction of sp³-hybridized carbons (Fsp3) is 0.750. The van der Waals surface area contributed by atoms with Gasteiger partial charge in [-0.15, -0.1) is 0 Å². The molecule has 0 aromatic heterocycles. The molecule has 1 heterocycles. The third-order valence-corrected chi connectivity index (χ3v) is 3.11. The van der Waals surface area contributed by atoms with Gasteiger partial charge in [-0.3, -0.25) is 0 Å². The number of ether oxygens (including phenoxy) is 1. The minimum atomic E-state index is -0.265. The van der Waals surface area contributed by atoms with Crippen LogP contribution in [0.2, 0.25) is 0 Å². The van der Waals surface area contributed by atoms with Gasteiger partial charge in [0.05, 0.1) is 20.1 Å². The molecule has 3 heteroatoms. The van der Waals surface area contributed by atoms with E-state index >= 15 is 0 Å². The molecule has 1 rings (SSSR count). The van der Waals surface area contributed by atoms with E-state index in [1.807, 2.05) is 0 Å². The van der Waals surface area contributed by atoms with Crippen LogP contribution >= 0.6 is 0 Å². The third-order valence-electron chi connectivity index (χ3n) is 3.11. The molecule has 1 fully saturated rings. The highest BCUT2D eigenvalue weighted by Crippen LogP contribution is 2.15. The van der Waals surface area contributed by atoms with Gasteiger partial charge in [-0.1, -0.05) is 6.58 Å². The summed E-state index contributed by atoms with van der Waals surface area (Å²) in [5, 5.41) is 0. The van der Waals surface area contributed by atoms with Crippen molar-refractivity contribution in [2.75, 3.05) is 33.3 Å². The van der Waals surface area contributed by atoms with Gasteiger partial charge in [0.1, 0.15) is 13.2 Å². The van der Waals surface area contributed by atoms with E-state index in [0.717, 1.165) is 11.0 Å². The van der Waals surface area contributed by atoms with Crippen molar-refractivity contribution in [3.8, 4) is 0 Å². The lowest BCUT2D eigenvalue weighted by atomic mass is 10.1. The Morgan fingerprint density at radius 3 is 2.47 bits per heavy atom. The van der Waals surface area contributed by atoms with Crippen LogP contribution in [0.3, 0.4) is 0 Å². The van der Waals surface area contributed by atoms with Crippen LogP contribution in [0.4, 0.5) is 0 Å². The van der Waals surface area contributed by atoms with Crippen molar-refractivity contribution in [1.82, 2.24) is 0 Å². The minimum absolute atomic E-state index is 0.265. The molecule has 1 aliphatic heterocycles. The molecule has 0 amide bonds. The molecule has 0 N–H and O–H groups in total. The predicted molar refractivity (Wildman–Crippen MR) is 60.4 cm³/mol. The second kappa shape index (κ2) is 5.31. The number of rotatable bonds is 4. The molecule has 0 bridgehead atoms. The van der Waals surface area contributed by atoms with E-state index in [9.17, 15) is 4.79 Å². The van der Waals surface area contributed by atoms with Gasteiger partial charge in [0.2, 0.25) is 0 Å². The van der Waals surface area contributed by atoms with E-state index < -0.39 is 0 Å². The first kappa shape index (κ1) is 12.2. The van der Waals surface area contributed by atoms with Gasteiger partial charge in [0.15, 0.2) is 0 Å². The minimum Gasteiger partial charge on any atom is -0.456 e. The van der Waals surface area contributed by atoms with E-state index in [4.69, 9.17) is 4.74 Å². The number of likely N-dealkylation sites (N-methyl/N-ethyl adjacent to an activating group) is 1. The zero-order chi connectivity index (χ0) is 11.3. The van der Waals surface area contributed by atoms with Crippen molar-refractivity contribution in [2.24, 2.45) is 0 Å². The highest BCUT2D eigenvalue weighted by atomic mass is 16.5. The summed E-state index contributed by atoms with van der Waals surface area (Å²) in [6, 6.07) is 0. The van der Waals surface area contributed by atoms with Crippen LogP contribution in [0, 0.1) is 0 Å². The number of piperidine rings is 1. The summed E-state index contributed by atoms with van der Waals surface area (Å²) in [5.74, 6) is -0.265. The number of carbonyl (C=O) groups is 1. The largest absolute Gasteiger partial charge is 0.456 e. The van der Waals surface area contributed by atoms with Crippen molar-refractivity contribution in [3.63, 3.8) is 0 Å². The van der Waals surface area contributed by atoms with Gasteiger partial charge in [-0.2, -0.15) is 0 Å². The Kier molecular flexibility index (Phi) is 4.33. The zero-order valence-corrected chi connectivity index (χ0v) is 9.92. The van der Waals surface area contributed by atoms with E-state index in [0.29, 0.717) is 12.2 Å². The molecule has 0 unspecified atom stereocenters. The van der Waals surface area contributed by atoms with Gasteiger partial charge in [-0.25, -0.2) is 4.79 Å². The normalized spacial score (nSPS) is 19.6. The predicted octanol–water partition coefficient (Wildman–Crippen LogP) is 1.74. The van der Waals surface area contributed by atoms with E-state index in [1.54, 1.807) is 6.92 Å². The average molecular weight is 212 g/mol. The highest BCUT2D eigenvalue weighted by molar-refractivity contribution is 5.86. The monoisotopic (exact) mass is 212 g/mol. The lowest BCUT2D eigenvalue weighted by molar-refractivity contribution is -0.914. The van der Waals surface area contributed by atoms with Crippen LogP contribution in [-0.2, 0) is 9.53 Å². The van der Waals surface area contributed by atoms with Crippen LogP contribution < -0.4 is 0 Å². The van der Waals surface area contributed by atoms with Crippen molar-refractivity contribution in [1.29, 1.82) is 0 Å². The topological polar surface area (TPSA) is 26.3 Å². The van der Waals surface area contributed by atoms with E-state index in [-0.39, 0.29) is 5.97 Å². The van der Waals surface area contributed by atoms with E-state index in [1.165, 1.54) is 32.4 Å². The van der Waals surface area contributed by atoms with E-state index in [2.05, 4.69) is 13.6 Å². The quantitative estimate of drug-likeness (QED) is 0.403. The Morgan fingerprint density at radius 2 is 1.93 bits per heavy atom. The number of likely N-dealkylation sites (tertiary alicyclic amines) is 1. The van der Waals surface area contributed by atoms with Crippen molar-refractivity contribution >= 4 is 5.97 Å². The maximum absolute atomic E-state index is 11.2. The zero-order valence-electron chi connectivity index (χ0n) is 9.92. The van der Waals surface area contributed by atoms with Crippen molar-refractivity contribution in [2.45, 2.75) is 26.2 Å². The maximum atomic E-state index is 11.2. The maximum Gasteiger partial charge on any atom is 0.333 e. The first-order chi connectivity index (χ1) is 7.03. The van der Waals surface area contributed by atoms with Crippen LogP contribution in [-0.4, -0.2) is 43.7 Å². The Bertz CT molecular complexity index is 242. The van der Waals surface area contributed by atoms with Gasteiger partial charge in [0.25, 0.3) is 0 Å². The molecule has 15 heavy (non-hydrogen) atoms. The lowest BCUT2D eigenvalue weighted by Crippen LogP contribution is -2.49. The first-order valence-corrected chi connectivity index (χ1v) is 5.70. The summed E-state index contributed by atoms with van der Waals surface area (Å²) in [6.07, 6.45) is 3.94. The van der Waals surface area contributed by atoms with Crippen molar-refractivity contribution < 1.29 is 14.0 Å². The fourth-order valence-corrected chi connectivity index (χ4v) is 1.98. The molecular weight excluding hydrogens is 190 g/mol. The van der Waals surface area contributed by atoms with Crippen LogP contribution in [0.15, 0.2) is 12.2 Å². The Labute approximate surface area is 92.3 Å². The van der Waals surface area contributed by atoms with Gasteiger partial charge in [-0.05, 0) is 26.2 Å². The summed E-state index contributed by atoms with van der Waals surface area (Å²) in [5.41, 5.74) is 0.483. The SMILES string of the molecule is C=C(C)C(=O)OCC[N+]1(C)CCCCC1. The van der Waals surface area contributed by atoms with Crippen LogP contribution in [0.25, 0.3) is 0 Å². The molecule has 0 aromatic rings. The first-order valence-electron chi connectivity index (χ1n) is 5.70. The molecule has 3 nitrogen and oxygen atoms in total. The molecule has 86 valence electrons. The molecule has 1 saturated heterocycles. The number of carbonyl (C=O) groups excluding carboxylic acids is 1. The van der Waals surface area contributed by atoms with Gasteiger partial charge >= 0.3 is 5.97 Å². The summed E-state index contributed by atoms with van der Waals surface area (Å²) in [7, 11) is 2.24. The second-order valence-electron chi connectivity index (χ2n) is 4.77. The number of quaternary nitrogens is 1. The molecular formula is C12H22NO2+. The van der Waals surface area contributed by atoms with Crippen LogP contribution in [0.1, 0.15) is 26.2 Å². The average Bonchev–Trinajstić information content (AvgIpc) is 2.18. The number of nitrogens with zero attached hydrogens (tertiary/aromatic N) is 1. The lowest BCUT2D eigenvalue weighted by Gasteiger charge is -2.37. The summed E-state index contributed by atoms with van der Waals surface area (Å²) < 4.78 is 6.16. The summed E-state index contributed by atoms with van der Waals surface area (Å²) >= 11 is 0. The Hall–Kier alpha value is -0.830. The summed E-state index contributed by atoms with van der Waals surface area (Å²) in [4.78, 5) is 11.2. The number of hydrogen-bond acceptors (Lipinski definition) is 2. The highest BCUT2D eigenvalue weighted by Gasteiger charge is 2.24. The number of esters is 1.